The van der Waals surface area contributed by atoms with Gasteiger partial charge in [-0.2, -0.15) is 10.4 Å². The first-order chi connectivity index (χ1) is 19.2. The molecule has 2 aromatic heterocycles. The maximum absolute atomic E-state index is 13.5. The molecular formula is C31H23ClN4O4. The highest BCUT2D eigenvalue weighted by Crippen LogP contribution is 2.48. The van der Waals surface area contributed by atoms with Gasteiger partial charge in [0.1, 0.15) is 23.0 Å². The number of fused-ring (bicyclic) bond motifs is 3. The van der Waals surface area contributed by atoms with Crippen LogP contribution in [0.3, 0.4) is 0 Å². The number of allylic oxidation sites excluding steroid dienone is 1. The summed E-state index contributed by atoms with van der Waals surface area (Å²) in [4.78, 5) is 13.5. The molecule has 0 bridgehead atoms. The van der Waals surface area contributed by atoms with E-state index in [-0.39, 0.29) is 22.8 Å². The molecule has 5 aromatic rings. The van der Waals surface area contributed by atoms with E-state index < -0.39 is 11.5 Å². The number of aryl methyl sites for hydroxylation is 3. The number of hydrogen-bond acceptors (Lipinski definition) is 7. The largest absolute Gasteiger partial charge is 0.439 e. The lowest BCUT2D eigenvalue weighted by atomic mass is 9.83. The highest BCUT2D eigenvalue weighted by atomic mass is 35.5. The van der Waals surface area contributed by atoms with E-state index >= 15 is 0 Å². The zero-order valence-corrected chi connectivity index (χ0v) is 22.6. The Hall–Kier alpha value is -5.00. The summed E-state index contributed by atoms with van der Waals surface area (Å²) in [5, 5.41) is 16.2. The van der Waals surface area contributed by atoms with Gasteiger partial charge in [0, 0.05) is 5.02 Å². The van der Waals surface area contributed by atoms with Crippen molar-refractivity contribution in [2.75, 3.05) is 0 Å². The number of benzene rings is 3. The van der Waals surface area contributed by atoms with Gasteiger partial charge in [-0.05, 0) is 69.3 Å². The van der Waals surface area contributed by atoms with E-state index in [1.54, 1.807) is 41.9 Å². The number of nitriles is 1. The average molecular weight is 551 g/mol. The van der Waals surface area contributed by atoms with Crippen molar-refractivity contribution in [2.45, 2.75) is 26.7 Å². The van der Waals surface area contributed by atoms with Crippen LogP contribution in [0, 0.1) is 32.1 Å². The number of nitrogens with two attached hydrogens (primary N) is 1. The van der Waals surface area contributed by atoms with Crippen LogP contribution in [0.1, 0.15) is 33.9 Å². The number of hydrogen-bond donors (Lipinski definition) is 1. The third-order valence-electron chi connectivity index (χ3n) is 6.88. The van der Waals surface area contributed by atoms with E-state index in [9.17, 15) is 10.1 Å². The van der Waals surface area contributed by atoms with Crippen molar-refractivity contribution in [2.24, 2.45) is 5.73 Å². The van der Waals surface area contributed by atoms with E-state index in [1.165, 1.54) is 0 Å². The smallest absolute Gasteiger partial charge is 0.344 e. The van der Waals surface area contributed by atoms with E-state index in [0.29, 0.717) is 38.9 Å². The van der Waals surface area contributed by atoms with Crippen molar-refractivity contribution in [3.8, 4) is 29.1 Å². The highest BCUT2D eigenvalue weighted by molar-refractivity contribution is 6.30. The second kappa shape index (κ2) is 9.63. The molecule has 8 nitrogen and oxygen atoms in total. The summed E-state index contributed by atoms with van der Waals surface area (Å²) in [7, 11) is 0. The van der Waals surface area contributed by atoms with Crippen LogP contribution in [0.4, 0.5) is 0 Å². The van der Waals surface area contributed by atoms with Gasteiger partial charge in [-0.3, -0.25) is 0 Å². The first-order valence-electron chi connectivity index (χ1n) is 12.5. The predicted molar refractivity (Wildman–Crippen MR) is 151 cm³/mol. The Kier molecular flexibility index (Phi) is 6.09. The van der Waals surface area contributed by atoms with Gasteiger partial charge in [0.15, 0.2) is 5.75 Å². The zero-order valence-electron chi connectivity index (χ0n) is 21.9. The molecule has 0 amide bonds. The monoisotopic (exact) mass is 550 g/mol. The van der Waals surface area contributed by atoms with Gasteiger partial charge < -0.3 is 19.6 Å². The molecule has 1 atom stereocenters. The van der Waals surface area contributed by atoms with Crippen molar-refractivity contribution in [1.82, 2.24) is 9.78 Å². The van der Waals surface area contributed by atoms with E-state index in [4.69, 9.17) is 36.3 Å². The molecule has 3 heterocycles. The van der Waals surface area contributed by atoms with Gasteiger partial charge in [0.05, 0.1) is 33.8 Å². The molecule has 0 saturated carbocycles. The maximum Gasteiger partial charge on any atom is 0.344 e. The van der Waals surface area contributed by atoms with Crippen LogP contribution in [-0.2, 0) is 0 Å². The number of rotatable bonds is 4. The van der Waals surface area contributed by atoms with Crippen molar-refractivity contribution in [1.29, 1.82) is 5.26 Å². The lowest BCUT2D eigenvalue weighted by molar-refractivity contribution is 0.385. The van der Waals surface area contributed by atoms with Crippen LogP contribution in [0.25, 0.3) is 16.7 Å². The summed E-state index contributed by atoms with van der Waals surface area (Å²) in [5.41, 5.74) is 10.0. The Morgan fingerprint density at radius 2 is 1.70 bits per heavy atom. The third-order valence-corrected chi connectivity index (χ3v) is 7.13. The summed E-state index contributed by atoms with van der Waals surface area (Å²) in [5.74, 6) is -0.0187. The molecule has 1 unspecified atom stereocenters. The summed E-state index contributed by atoms with van der Waals surface area (Å²) >= 11 is 6.11. The Morgan fingerprint density at radius 1 is 1.00 bits per heavy atom. The van der Waals surface area contributed by atoms with E-state index in [2.05, 4.69) is 6.07 Å². The number of nitrogens with zero attached hydrogens (tertiary/aromatic N) is 3. The van der Waals surface area contributed by atoms with E-state index in [1.807, 2.05) is 50.2 Å². The fourth-order valence-electron chi connectivity index (χ4n) is 4.95. The highest BCUT2D eigenvalue weighted by Gasteiger charge is 2.40. The second-order valence-corrected chi connectivity index (χ2v) is 10.1. The standard InChI is InChI=1S/C31H23ClN4O4/c1-16-4-9-20(10-5-16)36-30(38-21-11-7-19(32)8-12-21)25(18(3)35-36)26-23(15-33)29(34)40-28-22-14-17(2)6-13-24(22)39-31(37)27(26)28/h4-14,26H,34H2,1-3H3. The summed E-state index contributed by atoms with van der Waals surface area (Å²) < 4.78 is 19.7. The Balaban J connectivity index is 1.66. The summed E-state index contributed by atoms with van der Waals surface area (Å²) in [6, 6.07) is 22.2. The molecule has 0 fully saturated rings. The predicted octanol–water partition coefficient (Wildman–Crippen LogP) is 6.57. The Labute approximate surface area is 234 Å². The van der Waals surface area contributed by atoms with Gasteiger partial charge in [-0.15, -0.1) is 0 Å². The minimum atomic E-state index is -0.962. The van der Waals surface area contributed by atoms with Gasteiger partial charge >= 0.3 is 5.63 Å². The molecule has 9 heteroatoms. The minimum absolute atomic E-state index is 0.0549. The van der Waals surface area contributed by atoms with Gasteiger partial charge in [-0.25, -0.2) is 9.48 Å². The fourth-order valence-corrected chi connectivity index (χ4v) is 5.07. The molecule has 1 aliphatic rings. The molecule has 1 aliphatic heterocycles. The number of aromatic nitrogens is 2. The molecule has 0 saturated heterocycles. The molecule has 3 aromatic carbocycles. The molecule has 2 N–H and O–H groups in total. The van der Waals surface area contributed by atoms with Gasteiger partial charge in [0.2, 0.25) is 11.8 Å². The van der Waals surface area contributed by atoms with Crippen molar-refractivity contribution < 1.29 is 13.9 Å². The fraction of sp³-hybridized carbons (Fsp3) is 0.129. The molecule has 6 rings (SSSR count). The summed E-state index contributed by atoms with van der Waals surface area (Å²) in [6.45, 7) is 5.71. The molecule has 40 heavy (non-hydrogen) atoms. The topological polar surface area (TPSA) is 116 Å². The molecule has 0 radical (unpaired) electrons. The third kappa shape index (κ3) is 4.17. The Morgan fingerprint density at radius 3 is 2.40 bits per heavy atom. The second-order valence-electron chi connectivity index (χ2n) is 9.66. The van der Waals surface area contributed by atoms with Crippen molar-refractivity contribution in [3.05, 3.63) is 122 Å². The van der Waals surface area contributed by atoms with Crippen LogP contribution in [0.5, 0.6) is 17.4 Å². The van der Waals surface area contributed by atoms with Crippen LogP contribution >= 0.6 is 11.6 Å². The lowest BCUT2D eigenvalue weighted by Gasteiger charge is -2.26. The zero-order chi connectivity index (χ0) is 28.1. The van der Waals surface area contributed by atoms with Crippen molar-refractivity contribution >= 4 is 22.6 Å². The lowest BCUT2D eigenvalue weighted by Crippen LogP contribution is -2.26. The van der Waals surface area contributed by atoms with E-state index in [0.717, 1.165) is 16.8 Å². The number of halogens is 1. The SMILES string of the molecule is Cc1ccc(-n2nc(C)c(C3C(C#N)=C(N)Oc4c3c(=O)oc3ccc(C)cc43)c2Oc2ccc(Cl)cc2)cc1. The molecule has 198 valence electrons. The first kappa shape index (κ1) is 25.3. The van der Waals surface area contributed by atoms with Gasteiger partial charge in [0.25, 0.3) is 0 Å². The van der Waals surface area contributed by atoms with Crippen LogP contribution < -0.4 is 20.8 Å². The summed E-state index contributed by atoms with van der Waals surface area (Å²) in [6.07, 6.45) is 0. The van der Waals surface area contributed by atoms with Crippen molar-refractivity contribution in [3.63, 3.8) is 0 Å². The molecule has 0 aliphatic carbocycles. The number of ether oxygens (including phenoxy) is 2. The maximum atomic E-state index is 13.5. The minimum Gasteiger partial charge on any atom is -0.439 e. The Bertz CT molecular complexity index is 1930. The van der Waals surface area contributed by atoms with Crippen LogP contribution in [0.2, 0.25) is 5.02 Å². The van der Waals surface area contributed by atoms with Crippen LogP contribution in [-0.4, -0.2) is 9.78 Å². The average Bonchev–Trinajstić information content (AvgIpc) is 3.25. The normalized spacial score (nSPS) is 14.5. The van der Waals surface area contributed by atoms with Gasteiger partial charge in [-0.1, -0.05) is 40.9 Å². The molecule has 0 spiro atoms. The quantitative estimate of drug-likeness (QED) is 0.251. The first-order valence-corrected chi connectivity index (χ1v) is 12.9. The van der Waals surface area contributed by atoms with Crippen LogP contribution in [0.15, 0.2) is 87.4 Å². The molecular weight excluding hydrogens is 528 g/mol.